The van der Waals surface area contributed by atoms with E-state index < -0.39 is 0 Å². The van der Waals surface area contributed by atoms with Crippen LogP contribution >= 0.6 is 22.6 Å². The zero-order chi connectivity index (χ0) is 11.4. The lowest BCUT2D eigenvalue weighted by Gasteiger charge is -2.06. The molecule has 0 saturated heterocycles. The summed E-state index contributed by atoms with van der Waals surface area (Å²) in [5.74, 6) is 0.313. The fourth-order valence-corrected chi connectivity index (χ4v) is 1.64. The SMILES string of the molecule is Fc1cc(OCc2ccccc2)ccc1I. The molecule has 2 rings (SSSR count). The van der Waals surface area contributed by atoms with Gasteiger partial charge in [0.05, 0.1) is 0 Å². The molecule has 0 aliphatic rings. The second-order valence-corrected chi connectivity index (χ2v) is 4.51. The summed E-state index contributed by atoms with van der Waals surface area (Å²) in [6.07, 6.45) is 0. The van der Waals surface area contributed by atoms with E-state index in [9.17, 15) is 4.39 Å². The minimum atomic E-state index is -0.244. The molecule has 0 aliphatic heterocycles. The first-order chi connectivity index (χ1) is 7.75. The van der Waals surface area contributed by atoms with Crippen molar-refractivity contribution in [2.75, 3.05) is 0 Å². The number of hydrogen-bond acceptors (Lipinski definition) is 1. The van der Waals surface area contributed by atoms with E-state index in [4.69, 9.17) is 4.74 Å². The lowest BCUT2D eigenvalue weighted by atomic mass is 10.2. The van der Waals surface area contributed by atoms with E-state index in [0.717, 1.165) is 5.56 Å². The molecular formula is C13H10FIO. The van der Waals surface area contributed by atoms with Crippen LogP contribution in [-0.4, -0.2) is 0 Å². The summed E-state index contributed by atoms with van der Waals surface area (Å²) in [6.45, 7) is 0.459. The van der Waals surface area contributed by atoms with Gasteiger partial charge in [0, 0.05) is 9.64 Å². The maximum Gasteiger partial charge on any atom is 0.140 e. The van der Waals surface area contributed by atoms with Gasteiger partial charge in [-0.15, -0.1) is 0 Å². The van der Waals surface area contributed by atoms with Gasteiger partial charge in [-0.3, -0.25) is 0 Å². The van der Waals surface area contributed by atoms with Crippen LogP contribution in [0, 0.1) is 9.39 Å². The molecule has 2 aromatic rings. The Morgan fingerprint density at radius 1 is 1.06 bits per heavy atom. The van der Waals surface area contributed by atoms with Crippen molar-refractivity contribution in [2.24, 2.45) is 0 Å². The van der Waals surface area contributed by atoms with Crippen LogP contribution in [0.1, 0.15) is 5.56 Å². The summed E-state index contributed by atoms with van der Waals surface area (Å²) in [6, 6.07) is 14.7. The first-order valence-corrected chi connectivity index (χ1v) is 5.95. The van der Waals surface area contributed by atoms with Gasteiger partial charge >= 0.3 is 0 Å². The largest absolute Gasteiger partial charge is 0.489 e. The van der Waals surface area contributed by atoms with Crippen LogP contribution in [0.2, 0.25) is 0 Å². The lowest BCUT2D eigenvalue weighted by molar-refractivity contribution is 0.304. The second kappa shape index (κ2) is 5.30. The molecule has 0 aliphatic carbocycles. The number of halogens is 2. The molecule has 0 aromatic heterocycles. The van der Waals surface area contributed by atoms with E-state index in [1.54, 1.807) is 12.1 Å². The van der Waals surface area contributed by atoms with Crippen molar-refractivity contribution in [3.63, 3.8) is 0 Å². The van der Waals surface area contributed by atoms with Gasteiger partial charge in [0.1, 0.15) is 18.2 Å². The number of rotatable bonds is 3. The average molecular weight is 328 g/mol. The maximum atomic E-state index is 13.2. The third kappa shape index (κ3) is 2.95. The third-order valence-electron chi connectivity index (χ3n) is 2.14. The summed E-state index contributed by atoms with van der Waals surface area (Å²) in [7, 11) is 0. The summed E-state index contributed by atoms with van der Waals surface area (Å²) in [5.41, 5.74) is 1.07. The normalized spacial score (nSPS) is 10.1. The van der Waals surface area contributed by atoms with Gasteiger partial charge in [0.25, 0.3) is 0 Å². The van der Waals surface area contributed by atoms with E-state index in [0.29, 0.717) is 15.9 Å². The third-order valence-corrected chi connectivity index (χ3v) is 3.01. The molecule has 0 spiro atoms. The molecule has 3 heteroatoms. The van der Waals surface area contributed by atoms with Crippen LogP contribution in [0.25, 0.3) is 0 Å². The molecule has 0 radical (unpaired) electrons. The smallest absolute Gasteiger partial charge is 0.140 e. The highest BCUT2D eigenvalue weighted by atomic mass is 127. The molecule has 0 amide bonds. The fraction of sp³-hybridized carbons (Fsp3) is 0.0769. The van der Waals surface area contributed by atoms with Crippen LogP contribution in [0.5, 0.6) is 5.75 Å². The lowest BCUT2D eigenvalue weighted by Crippen LogP contribution is -1.95. The van der Waals surface area contributed by atoms with Crippen LogP contribution in [0.15, 0.2) is 48.5 Å². The van der Waals surface area contributed by atoms with Crippen LogP contribution in [0.4, 0.5) is 4.39 Å². The van der Waals surface area contributed by atoms with Crippen molar-refractivity contribution >= 4 is 22.6 Å². The van der Waals surface area contributed by atoms with Crippen molar-refractivity contribution in [1.82, 2.24) is 0 Å². The number of ether oxygens (including phenoxy) is 1. The molecule has 0 fully saturated rings. The highest BCUT2D eigenvalue weighted by Gasteiger charge is 2.01. The fourth-order valence-electron chi connectivity index (χ4n) is 1.31. The van der Waals surface area contributed by atoms with Gasteiger partial charge in [-0.05, 0) is 40.3 Å². The molecule has 16 heavy (non-hydrogen) atoms. The molecule has 0 atom stereocenters. The number of hydrogen-bond donors (Lipinski definition) is 0. The molecule has 82 valence electrons. The van der Waals surface area contributed by atoms with Crippen molar-refractivity contribution in [3.05, 3.63) is 63.5 Å². The quantitative estimate of drug-likeness (QED) is 0.774. The Morgan fingerprint density at radius 3 is 2.50 bits per heavy atom. The van der Waals surface area contributed by atoms with E-state index in [1.807, 2.05) is 52.9 Å². The van der Waals surface area contributed by atoms with Crippen molar-refractivity contribution in [1.29, 1.82) is 0 Å². The summed E-state index contributed by atoms with van der Waals surface area (Å²) >= 11 is 1.95. The van der Waals surface area contributed by atoms with Gasteiger partial charge in [-0.25, -0.2) is 4.39 Å². The maximum absolute atomic E-state index is 13.2. The van der Waals surface area contributed by atoms with Crippen molar-refractivity contribution in [2.45, 2.75) is 6.61 Å². The van der Waals surface area contributed by atoms with Crippen molar-refractivity contribution < 1.29 is 9.13 Å². The zero-order valence-corrected chi connectivity index (χ0v) is 10.6. The van der Waals surface area contributed by atoms with E-state index in [2.05, 4.69) is 0 Å². The Balaban J connectivity index is 2.03. The van der Waals surface area contributed by atoms with Crippen molar-refractivity contribution in [3.8, 4) is 5.75 Å². The van der Waals surface area contributed by atoms with E-state index in [-0.39, 0.29) is 5.82 Å². The van der Waals surface area contributed by atoms with Crippen LogP contribution < -0.4 is 4.74 Å². The Kier molecular flexibility index (Phi) is 3.77. The highest BCUT2D eigenvalue weighted by Crippen LogP contribution is 2.18. The topological polar surface area (TPSA) is 9.23 Å². The Labute approximate surface area is 107 Å². The van der Waals surface area contributed by atoms with Gasteiger partial charge < -0.3 is 4.74 Å². The van der Waals surface area contributed by atoms with Gasteiger partial charge in [0.2, 0.25) is 0 Å². The molecule has 0 unspecified atom stereocenters. The first kappa shape index (κ1) is 11.4. The Morgan fingerprint density at radius 2 is 1.81 bits per heavy atom. The summed E-state index contributed by atoms with van der Waals surface area (Å²) in [5, 5.41) is 0. The second-order valence-electron chi connectivity index (χ2n) is 3.35. The number of benzene rings is 2. The molecule has 1 nitrogen and oxygen atoms in total. The van der Waals surface area contributed by atoms with Gasteiger partial charge in [0.15, 0.2) is 0 Å². The van der Waals surface area contributed by atoms with Gasteiger partial charge in [-0.1, -0.05) is 30.3 Å². The standard InChI is InChI=1S/C13H10FIO/c14-12-8-11(6-7-13(12)15)16-9-10-4-2-1-3-5-10/h1-8H,9H2. The molecule has 2 aromatic carbocycles. The first-order valence-electron chi connectivity index (χ1n) is 4.87. The minimum Gasteiger partial charge on any atom is -0.489 e. The minimum absolute atomic E-state index is 0.244. The highest BCUT2D eigenvalue weighted by molar-refractivity contribution is 14.1. The monoisotopic (exact) mass is 328 g/mol. The Hall–Kier alpha value is -1.10. The average Bonchev–Trinajstić information content (AvgIpc) is 2.32. The Bertz CT molecular complexity index is 471. The van der Waals surface area contributed by atoms with Gasteiger partial charge in [-0.2, -0.15) is 0 Å². The molecule has 0 saturated carbocycles. The molecule has 0 N–H and O–H groups in total. The molecule has 0 heterocycles. The zero-order valence-electron chi connectivity index (χ0n) is 8.49. The van der Waals surface area contributed by atoms with Crippen LogP contribution in [0.3, 0.4) is 0 Å². The van der Waals surface area contributed by atoms with E-state index in [1.165, 1.54) is 6.07 Å². The summed E-state index contributed by atoms with van der Waals surface area (Å²) < 4.78 is 19.3. The predicted molar refractivity (Wildman–Crippen MR) is 69.9 cm³/mol. The van der Waals surface area contributed by atoms with E-state index >= 15 is 0 Å². The molecular weight excluding hydrogens is 318 g/mol. The predicted octanol–water partition coefficient (Wildman–Crippen LogP) is 4.01. The van der Waals surface area contributed by atoms with Crippen LogP contribution in [-0.2, 0) is 6.61 Å². The molecule has 0 bridgehead atoms. The summed E-state index contributed by atoms with van der Waals surface area (Å²) in [4.78, 5) is 0.